The van der Waals surface area contributed by atoms with Crippen molar-refractivity contribution in [3.05, 3.63) is 59.4 Å². The molecular weight excluding hydrogens is 288 g/mol. The van der Waals surface area contributed by atoms with E-state index in [1.54, 1.807) is 0 Å². The molecule has 2 aromatic rings. The molecule has 0 amide bonds. The summed E-state index contributed by atoms with van der Waals surface area (Å²) in [6.07, 6.45) is 2.53. The van der Waals surface area contributed by atoms with Gasteiger partial charge in [0, 0.05) is 11.3 Å². The van der Waals surface area contributed by atoms with E-state index >= 15 is 0 Å². The van der Waals surface area contributed by atoms with Crippen LogP contribution >= 0.6 is 0 Å². The zero-order valence-corrected chi connectivity index (χ0v) is 14.3. The van der Waals surface area contributed by atoms with Crippen molar-refractivity contribution in [1.82, 2.24) is 9.78 Å². The van der Waals surface area contributed by atoms with Gasteiger partial charge in [-0.25, -0.2) is 4.68 Å². The maximum atomic E-state index is 12.4. The topological polar surface area (TPSA) is 44.1 Å². The van der Waals surface area contributed by atoms with Crippen molar-refractivity contribution in [2.75, 3.05) is 6.61 Å². The van der Waals surface area contributed by atoms with Gasteiger partial charge in [0.25, 0.3) is 5.91 Å². The summed E-state index contributed by atoms with van der Waals surface area (Å²) in [6.45, 7) is 11.7. The number of benzene rings is 1. The number of allylic oxidation sites excluding steroid dienone is 1. The molecule has 0 aliphatic heterocycles. The molecule has 0 bridgehead atoms. The Kier molecular flexibility index (Phi) is 5.37. The number of aryl methyl sites for hydroxylation is 1. The number of carbonyl (C=O) groups excluding carboxylic acids is 1. The third-order valence-corrected chi connectivity index (χ3v) is 3.92. The monoisotopic (exact) mass is 312 g/mol. The summed E-state index contributed by atoms with van der Waals surface area (Å²) in [5.74, 6) is 0.928. The van der Waals surface area contributed by atoms with Crippen LogP contribution in [0.25, 0.3) is 0 Å². The molecule has 0 fully saturated rings. The van der Waals surface area contributed by atoms with E-state index in [-0.39, 0.29) is 12.5 Å². The number of hydrogen-bond acceptors (Lipinski definition) is 3. The van der Waals surface area contributed by atoms with E-state index in [1.165, 1.54) is 4.68 Å². The van der Waals surface area contributed by atoms with Crippen LogP contribution in [0.5, 0.6) is 5.75 Å². The van der Waals surface area contributed by atoms with Gasteiger partial charge in [0.05, 0.1) is 5.69 Å². The average molecular weight is 312 g/mol. The highest BCUT2D eigenvalue weighted by Gasteiger charge is 2.17. The Morgan fingerprint density at radius 2 is 2.04 bits per heavy atom. The molecule has 4 heteroatoms. The van der Waals surface area contributed by atoms with E-state index in [2.05, 4.69) is 25.5 Å². The van der Waals surface area contributed by atoms with Gasteiger partial charge in [-0.1, -0.05) is 38.1 Å². The van der Waals surface area contributed by atoms with Crippen LogP contribution in [0.15, 0.2) is 36.9 Å². The Morgan fingerprint density at radius 1 is 1.35 bits per heavy atom. The summed E-state index contributed by atoms with van der Waals surface area (Å²) in [5.41, 5.74) is 3.86. The van der Waals surface area contributed by atoms with Crippen LogP contribution < -0.4 is 4.74 Å². The Labute approximate surface area is 137 Å². The number of rotatable bonds is 6. The molecule has 1 aromatic carbocycles. The Hall–Kier alpha value is -2.36. The number of aromatic nitrogens is 2. The summed E-state index contributed by atoms with van der Waals surface area (Å²) in [5, 5.41) is 4.34. The number of para-hydroxylation sites is 1. The van der Waals surface area contributed by atoms with E-state index in [4.69, 9.17) is 4.74 Å². The lowest BCUT2D eigenvalue weighted by molar-refractivity contribution is 0.0817. The highest BCUT2D eigenvalue weighted by molar-refractivity contribution is 5.80. The van der Waals surface area contributed by atoms with Crippen LogP contribution in [-0.4, -0.2) is 22.3 Å². The van der Waals surface area contributed by atoms with Gasteiger partial charge in [-0.3, -0.25) is 4.79 Å². The highest BCUT2D eigenvalue weighted by Crippen LogP contribution is 2.25. The Balaban J connectivity index is 2.15. The zero-order chi connectivity index (χ0) is 17.0. The minimum Gasteiger partial charge on any atom is -0.483 e. The summed E-state index contributed by atoms with van der Waals surface area (Å²) < 4.78 is 7.18. The molecule has 0 N–H and O–H groups in total. The highest BCUT2D eigenvalue weighted by atomic mass is 16.5. The van der Waals surface area contributed by atoms with Crippen LogP contribution in [-0.2, 0) is 6.42 Å². The third kappa shape index (κ3) is 3.70. The predicted octanol–water partition coefficient (Wildman–Crippen LogP) is 4.07. The minimum atomic E-state index is -0.167. The quantitative estimate of drug-likeness (QED) is 0.755. The molecule has 1 heterocycles. The van der Waals surface area contributed by atoms with E-state index in [1.807, 2.05) is 44.2 Å². The number of ether oxygens (including phenoxy) is 1. The van der Waals surface area contributed by atoms with E-state index < -0.39 is 0 Å². The van der Waals surface area contributed by atoms with Crippen molar-refractivity contribution >= 4 is 5.91 Å². The molecule has 0 saturated heterocycles. The van der Waals surface area contributed by atoms with E-state index in [0.29, 0.717) is 12.3 Å². The van der Waals surface area contributed by atoms with Gasteiger partial charge < -0.3 is 4.74 Å². The smallest absolute Gasteiger partial charge is 0.284 e. The van der Waals surface area contributed by atoms with Gasteiger partial charge >= 0.3 is 0 Å². The molecule has 122 valence electrons. The summed E-state index contributed by atoms with van der Waals surface area (Å²) in [6, 6.07) is 7.81. The summed E-state index contributed by atoms with van der Waals surface area (Å²) in [4.78, 5) is 12.4. The first-order chi connectivity index (χ1) is 11.0. The van der Waals surface area contributed by atoms with Crippen LogP contribution in [0.1, 0.15) is 47.1 Å². The van der Waals surface area contributed by atoms with E-state index in [9.17, 15) is 4.79 Å². The molecule has 0 aliphatic rings. The fourth-order valence-corrected chi connectivity index (χ4v) is 2.65. The summed E-state index contributed by atoms with van der Waals surface area (Å²) >= 11 is 0. The van der Waals surface area contributed by atoms with Crippen molar-refractivity contribution in [2.24, 2.45) is 0 Å². The first kappa shape index (κ1) is 17.0. The van der Waals surface area contributed by atoms with Gasteiger partial charge in [-0.05, 0) is 37.8 Å². The van der Waals surface area contributed by atoms with Gasteiger partial charge in [-0.2, -0.15) is 5.10 Å². The maximum Gasteiger partial charge on any atom is 0.284 e. The van der Waals surface area contributed by atoms with Gasteiger partial charge in [-0.15, -0.1) is 6.58 Å². The molecule has 0 spiro atoms. The second kappa shape index (κ2) is 7.27. The molecule has 0 aliphatic carbocycles. The van der Waals surface area contributed by atoms with Crippen molar-refractivity contribution < 1.29 is 9.53 Å². The fraction of sp³-hybridized carbons (Fsp3) is 0.368. The predicted molar refractivity (Wildman–Crippen MR) is 92.3 cm³/mol. The average Bonchev–Trinajstić information content (AvgIpc) is 2.81. The van der Waals surface area contributed by atoms with Crippen LogP contribution in [0.2, 0.25) is 0 Å². The van der Waals surface area contributed by atoms with Crippen LogP contribution in [0, 0.1) is 13.8 Å². The first-order valence-corrected chi connectivity index (χ1v) is 7.86. The minimum absolute atomic E-state index is 0.0285. The van der Waals surface area contributed by atoms with Crippen LogP contribution in [0.3, 0.4) is 0 Å². The molecule has 0 atom stereocenters. The molecular formula is C19H24N2O2. The second-order valence-electron chi connectivity index (χ2n) is 5.93. The molecule has 1 aromatic heterocycles. The third-order valence-electron chi connectivity index (χ3n) is 3.92. The maximum absolute atomic E-state index is 12.4. The second-order valence-corrected chi connectivity index (χ2v) is 5.93. The lowest BCUT2D eigenvalue weighted by atomic mass is 10.0. The number of hydrogen-bond donors (Lipinski definition) is 0. The Bertz CT molecular complexity index is 714. The largest absolute Gasteiger partial charge is 0.483 e. The van der Waals surface area contributed by atoms with Crippen LogP contribution in [0.4, 0.5) is 0 Å². The molecule has 0 unspecified atom stereocenters. The van der Waals surface area contributed by atoms with Crippen molar-refractivity contribution in [1.29, 1.82) is 0 Å². The molecule has 23 heavy (non-hydrogen) atoms. The molecule has 0 saturated carbocycles. The Morgan fingerprint density at radius 3 is 2.70 bits per heavy atom. The van der Waals surface area contributed by atoms with Gasteiger partial charge in [0.1, 0.15) is 5.75 Å². The normalized spacial score (nSPS) is 10.8. The van der Waals surface area contributed by atoms with Crippen molar-refractivity contribution in [3.8, 4) is 5.75 Å². The lowest BCUT2D eigenvalue weighted by Gasteiger charge is -2.13. The van der Waals surface area contributed by atoms with Gasteiger partial charge in [0.2, 0.25) is 0 Å². The molecule has 4 nitrogen and oxygen atoms in total. The van der Waals surface area contributed by atoms with E-state index in [0.717, 1.165) is 28.3 Å². The number of carbonyl (C=O) groups is 1. The van der Waals surface area contributed by atoms with Gasteiger partial charge in [0.15, 0.2) is 6.61 Å². The van der Waals surface area contributed by atoms with Crippen molar-refractivity contribution in [2.45, 2.75) is 40.0 Å². The number of nitrogens with zero attached hydrogens (tertiary/aromatic N) is 2. The standard InChI is InChI=1S/C19H24N2O2/c1-6-9-17-14(4)20-21(15(17)5)19(22)12-23-18-11-8-7-10-16(18)13(2)3/h6-8,10-11,13H,1,9,12H2,2-5H3. The first-order valence-electron chi connectivity index (χ1n) is 7.86. The SMILES string of the molecule is C=CCc1c(C)nn(C(=O)COc2ccccc2C(C)C)c1C. The lowest BCUT2D eigenvalue weighted by Crippen LogP contribution is -2.22. The van der Waals surface area contributed by atoms with Crippen molar-refractivity contribution in [3.63, 3.8) is 0 Å². The fourth-order valence-electron chi connectivity index (χ4n) is 2.65. The summed E-state index contributed by atoms with van der Waals surface area (Å²) in [7, 11) is 0. The molecule has 2 rings (SSSR count). The zero-order valence-electron chi connectivity index (χ0n) is 14.3. The molecule has 0 radical (unpaired) electrons.